The van der Waals surface area contributed by atoms with Crippen LogP contribution in [0.4, 0.5) is 23.7 Å². The predicted molar refractivity (Wildman–Crippen MR) is 88.1 cm³/mol. The molecule has 9 heteroatoms. The summed E-state index contributed by atoms with van der Waals surface area (Å²) in [6.07, 6.45) is -5.70. The maximum absolute atomic E-state index is 12.1. The number of aliphatic hydroxyl groups excluding tert-OH is 1. The van der Waals surface area contributed by atoms with Crippen LogP contribution < -0.4 is 20.1 Å². The van der Waals surface area contributed by atoms with Gasteiger partial charge in [-0.25, -0.2) is 4.79 Å². The number of hydrogen-bond acceptors (Lipinski definition) is 4. The number of nitrogens with one attached hydrogen (secondary N) is 2. The molecule has 0 aliphatic heterocycles. The Bertz CT molecular complexity index is 718. The van der Waals surface area contributed by atoms with Crippen LogP contribution in [0.3, 0.4) is 0 Å². The van der Waals surface area contributed by atoms with Gasteiger partial charge in [0.1, 0.15) is 11.5 Å². The van der Waals surface area contributed by atoms with E-state index in [0.29, 0.717) is 11.3 Å². The number of carbonyl (C=O) groups is 1. The molecule has 0 radical (unpaired) electrons. The third kappa shape index (κ3) is 6.17. The number of benzene rings is 2. The van der Waals surface area contributed by atoms with Gasteiger partial charge in [-0.15, -0.1) is 13.2 Å². The lowest BCUT2D eigenvalue weighted by molar-refractivity contribution is -0.274. The molecule has 2 rings (SSSR count). The van der Waals surface area contributed by atoms with E-state index in [1.165, 1.54) is 19.2 Å². The van der Waals surface area contributed by atoms with Crippen LogP contribution in [0.2, 0.25) is 0 Å². The Balaban J connectivity index is 1.82. The summed E-state index contributed by atoms with van der Waals surface area (Å²) in [5, 5.41) is 14.9. The first-order valence-corrected chi connectivity index (χ1v) is 7.49. The fraction of sp³-hybridized carbons (Fsp3) is 0.235. The van der Waals surface area contributed by atoms with Crippen LogP contribution in [-0.4, -0.2) is 31.2 Å². The summed E-state index contributed by atoms with van der Waals surface area (Å²) < 4.78 is 45.0. The van der Waals surface area contributed by atoms with Crippen LogP contribution in [-0.2, 0) is 0 Å². The molecule has 0 saturated carbocycles. The average molecular weight is 370 g/mol. The van der Waals surface area contributed by atoms with Gasteiger partial charge in [0.2, 0.25) is 0 Å². The number of alkyl halides is 3. The first-order valence-electron chi connectivity index (χ1n) is 7.49. The molecule has 6 nitrogen and oxygen atoms in total. The maximum atomic E-state index is 12.1. The zero-order valence-corrected chi connectivity index (χ0v) is 13.7. The van der Waals surface area contributed by atoms with E-state index in [1.54, 1.807) is 24.3 Å². The predicted octanol–water partition coefficient (Wildman–Crippen LogP) is 3.45. The molecule has 0 unspecified atom stereocenters. The van der Waals surface area contributed by atoms with Gasteiger partial charge in [0.05, 0.1) is 13.2 Å². The minimum Gasteiger partial charge on any atom is -0.497 e. The van der Waals surface area contributed by atoms with Crippen LogP contribution in [0.15, 0.2) is 48.5 Å². The van der Waals surface area contributed by atoms with Gasteiger partial charge in [-0.2, -0.15) is 0 Å². The molecule has 0 aliphatic rings. The highest BCUT2D eigenvalue weighted by Gasteiger charge is 2.30. The molecule has 140 valence electrons. The van der Waals surface area contributed by atoms with Gasteiger partial charge < -0.3 is 25.2 Å². The van der Waals surface area contributed by atoms with Gasteiger partial charge in [0, 0.05) is 12.2 Å². The zero-order valence-electron chi connectivity index (χ0n) is 13.7. The summed E-state index contributed by atoms with van der Waals surface area (Å²) >= 11 is 0. The quantitative estimate of drug-likeness (QED) is 0.728. The highest BCUT2D eigenvalue weighted by molar-refractivity contribution is 5.89. The van der Waals surface area contributed by atoms with Crippen molar-refractivity contribution in [3.8, 4) is 11.5 Å². The molecule has 2 aromatic carbocycles. The van der Waals surface area contributed by atoms with Gasteiger partial charge in [-0.3, -0.25) is 0 Å². The lowest BCUT2D eigenvalue weighted by Crippen LogP contribution is -2.32. The van der Waals surface area contributed by atoms with E-state index < -0.39 is 24.2 Å². The van der Waals surface area contributed by atoms with E-state index in [1.807, 2.05) is 0 Å². The summed E-state index contributed by atoms with van der Waals surface area (Å²) in [5.74, 6) is 0.253. The lowest BCUT2D eigenvalue weighted by atomic mass is 10.1. The fourth-order valence-corrected chi connectivity index (χ4v) is 2.05. The van der Waals surface area contributed by atoms with Gasteiger partial charge in [-0.05, 0) is 42.0 Å². The summed E-state index contributed by atoms with van der Waals surface area (Å²) in [5.41, 5.74) is 0.871. The third-order valence-electron chi connectivity index (χ3n) is 3.30. The first kappa shape index (κ1) is 19.4. The Morgan fingerprint density at radius 1 is 1.08 bits per heavy atom. The molecule has 0 spiro atoms. The molecule has 2 amide bonds. The number of hydrogen-bond donors (Lipinski definition) is 3. The topological polar surface area (TPSA) is 79.8 Å². The normalized spacial score (nSPS) is 12.2. The number of carbonyl (C=O) groups excluding carboxylic acids is 1. The largest absolute Gasteiger partial charge is 0.573 e. The Hall–Kier alpha value is -2.94. The molecule has 0 saturated heterocycles. The average Bonchev–Trinajstić information content (AvgIpc) is 2.60. The van der Waals surface area contributed by atoms with Crippen LogP contribution in [0.1, 0.15) is 11.7 Å². The van der Waals surface area contributed by atoms with Crippen molar-refractivity contribution in [1.82, 2.24) is 5.32 Å². The number of amides is 2. The van der Waals surface area contributed by atoms with Crippen LogP contribution in [0.5, 0.6) is 11.5 Å². The van der Waals surface area contributed by atoms with Crippen molar-refractivity contribution >= 4 is 11.7 Å². The molecule has 0 bridgehead atoms. The fourth-order valence-electron chi connectivity index (χ4n) is 2.05. The van der Waals surface area contributed by atoms with Gasteiger partial charge in [-0.1, -0.05) is 12.1 Å². The molecule has 2 aromatic rings. The number of rotatable bonds is 6. The summed E-state index contributed by atoms with van der Waals surface area (Å²) in [6, 6.07) is 10.8. The van der Waals surface area contributed by atoms with Crippen molar-refractivity contribution in [1.29, 1.82) is 0 Å². The number of methoxy groups -OCH3 is 1. The monoisotopic (exact) mass is 370 g/mol. The number of aliphatic hydroxyl groups is 1. The molecule has 26 heavy (non-hydrogen) atoms. The van der Waals surface area contributed by atoms with Crippen LogP contribution in [0, 0.1) is 0 Å². The molecule has 0 fully saturated rings. The number of halogens is 3. The molecule has 0 heterocycles. The molecular formula is C17H17F3N2O4. The third-order valence-corrected chi connectivity index (χ3v) is 3.30. The molecule has 3 N–H and O–H groups in total. The van der Waals surface area contributed by atoms with Crippen LogP contribution in [0.25, 0.3) is 0 Å². The standard InChI is InChI=1S/C17H17F3N2O4/c1-25-13-6-2-11(3-7-13)15(23)10-21-16(24)22-12-4-8-14(9-5-12)26-17(18,19)20/h2-9,15,23H,10H2,1H3,(H2,21,22,24)/t15-/m1/s1. The van der Waals surface area contributed by atoms with Crippen molar-refractivity contribution in [2.24, 2.45) is 0 Å². The van der Waals surface area contributed by atoms with E-state index in [2.05, 4.69) is 15.4 Å². The molecule has 1 atom stereocenters. The van der Waals surface area contributed by atoms with Crippen molar-refractivity contribution in [2.45, 2.75) is 12.5 Å². The number of ether oxygens (including phenoxy) is 2. The van der Waals surface area contributed by atoms with Crippen LogP contribution >= 0.6 is 0 Å². The second kappa shape index (κ2) is 8.43. The zero-order chi connectivity index (χ0) is 19.2. The summed E-state index contributed by atoms with van der Waals surface area (Å²) in [6.45, 7) is -0.0482. The number of urea groups is 1. The lowest BCUT2D eigenvalue weighted by Gasteiger charge is -2.14. The van der Waals surface area contributed by atoms with Crippen molar-refractivity contribution in [3.63, 3.8) is 0 Å². The van der Waals surface area contributed by atoms with E-state index in [4.69, 9.17) is 4.74 Å². The van der Waals surface area contributed by atoms with E-state index in [9.17, 15) is 23.1 Å². The maximum Gasteiger partial charge on any atom is 0.573 e. The molecule has 0 aliphatic carbocycles. The van der Waals surface area contributed by atoms with Crippen molar-refractivity contribution in [3.05, 3.63) is 54.1 Å². The van der Waals surface area contributed by atoms with E-state index >= 15 is 0 Å². The second-order valence-corrected chi connectivity index (χ2v) is 5.20. The second-order valence-electron chi connectivity index (χ2n) is 5.20. The Morgan fingerprint density at radius 3 is 2.19 bits per heavy atom. The van der Waals surface area contributed by atoms with E-state index in [0.717, 1.165) is 12.1 Å². The van der Waals surface area contributed by atoms with E-state index in [-0.39, 0.29) is 12.2 Å². The smallest absolute Gasteiger partial charge is 0.497 e. The minimum absolute atomic E-state index is 0.0482. The number of anilines is 1. The van der Waals surface area contributed by atoms with Gasteiger partial charge in [0.25, 0.3) is 0 Å². The Morgan fingerprint density at radius 2 is 1.65 bits per heavy atom. The van der Waals surface area contributed by atoms with Gasteiger partial charge >= 0.3 is 12.4 Å². The summed E-state index contributed by atoms with van der Waals surface area (Å²) in [4.78, 5) is 11.8. The molecular weight excluding hydrogens is 353 g/mol. The highest BCUT2D eigenvalue weighted by Crippen LogP contribution is 2.24. The van der Waals surface area contributed by atoms with Gasteiger partial charge in [0.15, 0.2) is 0 Å². The van der Waals surface area contributed by atoms with Crippen molar-refractivity contribution in [2.75, 3.05) is 19.0 Å². The minimum atomic E-state index is -4.77. The van der Waals surface area contributed by atoms with Crippen molar-refractivity contribution < 1.29 is 32.5 Å². The Kier molecular flexibility index (Phi) is 6.29. The SMILES string of the molecule is COc1ccc([C@H](O)CNC(=O)Nc2ccc(OC(F)(F)F)cc2)cc1. The summed E-state index contributed by atoms with van der Waals surface area (Å²) in [7, 11) is 1.53. The highest BCUT2D eigenvalue weighted by atomic mass is 19.4. The Labute approximate surface area is 147 Å². The first-order chi connectivity index (χ1) is 12.3. The molecule has 0 aromatic heterocycles.